The number of benzene rings is 4. The van der Waals surface area contributed by atoms with Crippen molar-refractivity contribution >= 4 is 55.4 Å². The van der Waals surface area contributed by atoms with Gasteiger partial charge in [0.25, 0.3) is 15.9 Å². The molecule has 0 saturated carbocycles. The molecular weight excluding hydrogens is 649 g/mol. The van der Waals surface area contributed by atoms with Gasteiger partial charge in [0.2, 0.25) is 0 Å². The second-order valence-corrected chi connectivity index (χ2v) is 12.1. The summed E-state index contributed by atoms with van der Waals surface area (Å²) in [6.07, 6.45) is 1.35. The fourth-order valence-electron chi connectivity index (χ4n) is 3.86. The van der Waals surface area contributed by atoms with Crippen LogP contribution in [0.2, 0.25) is 5.02 Å². The Morgan fingerprint density at radius 1 is 1.07 bits per heavy atom. The van der Waals surface area contributed by atoms with E-state index in [9.17, 15) is 17.6 Å². The van der Waals surface area contributed by atoms with E-state index in [4.69, 9.17) is 21.1 Å². The van der Waals surface area contributed by atoms with Gasteiger partial charge in [-0.2, -0.15) is 5.10 Å². The highest BCUT2D eigenvalue weighted by atomic mass is 79.9. The molecule has 218 valence electrons. The number of hydrazone groups is 1. The Morgan fingerprint density at radius 2 is 1.76 bits per heavy atom. The molecule has 0 atom stereocenters. The number of para-hydroxylation sites is 1. The van der Waals surface area contributed by atoms with E-state index in [1.54, 1.807) is 30.3 Å². The van der Waals surface area contributed by atoms with Crippen LogP contribution >= 0.6 is 27.5 Å². The van der Waals surface area contributed by atoms with Gasteiger partial charge in [0.05, 0.1) is 28.4 Å². The van der Waals surface area contributed by atoms with Crippen LogP contribution in [0.15, 0.2) is 99.4 Å². The van der Waals surface area contributed by atoms with E-state index < -0.39 is 28.3 Å². The lowest BCUT2D eigenvalue weighted by atomic mass is 10.2. The average molecular weight is 675 g/mol. The number of ether oxygens (including phenoxy) is 2. The van der Waals surface area contributed by atoms with Gasteiger partial charge in [-0.05, 0) is 70.9 Å². The smallest absolute Gasteiger partial charge is 0.264 e. The second-order valence-electron chi connectivity index (χ2n) is 8.98. The maximum Gasteiger partial charge on any atom is 0.264 e. The highest BCUT2D eigenvalue weighted by Gasteiger charge is 2.29. The van der Waals surface area contributed by atoms with Crippen molar-refractivity contribution in [2.45, 2.75) is 18.4 Å². The number of nitrogens with zero attached hydrogens (tertiary/aromatic N) is 2. The van der Waals surface area contributed by atoms with Gasteiger partial charge < -0.3 is 9.47 Å². The normalized spacial score (nSPS) is 11.4. The third kappa shape index (κ3) is 7.47. The van der Waals surface area contributed by atoms with Crippen LogP contribution < -0.4 is 19.2 Å². The van der Waals surface area contributed by atoms with E-state index >= 15 is 0 Å². The van der Waals surface area contributed by atoms with Gasteiger partial charge in [-0.3, -0.25) is 9.10 Å². The van der Waals surface area contributed by atoms with Crippen LogP contribution in [-0.2, 0) is 21.4 Å². The number of rotatable bonds is 11. The van der Waals surface area contributed by atoms with Crippen LogP contribution in [0.5, 0.6) is 11.5 Å². The Bertz CT molecular complexity index is 1720. The number of nitrogens with one attached hydrogen (secondary N) is 1. The number of sulfonamides is 1. The second kappa shape index (κ2) is 13.8. The van der Waals surface area contributed by atoms with E-state index in [0.717, 1.165) is 17.2 Å². The summed E-state index contributed by atoms with van der Waals surface area (Å²) >= 11 is 9.69. The highest BCUT2D eigenvalue weighted by Crippen LogP contribution is 2.37. The van der Waals surface area contributed by atoms with Gasteiger partial charge in [0, 0.05) is 10.6 Å². The molecule has 0 aromatic heterocycles. The van der Waals surface area contributed by atoms with Crippen LogP contribution in [0.1, 0.15) is 16.7 Å². The maximum absolute atomic E-state index is 14.7. The van der Waals surface area contributed by atoms with E-state index in [-0.39, 0.29) is 17.2 Å². The van der Waals surface area contributed by atoms with Crippen molar-refractivity contribution in [3.8, 4) is 11.5 Å². The molecule has 1 amide bonds. The van der Waals surface area contributed by atoms with E-state index in [1.807, 2.05) is 25.1 Å². The lowest BCUT2D eigenvalue weighted by molar-refractivity contribution is -0.119. The first-order chi connectivity index (χ1) is 20.1. The molecule has 0 radical (unpaired) electrons. The summed E-state index contributed by atoms with van der Waals surface area (Å²) in [5.41, 5.74) is 4.24. The zero-order valence-electron chi connectivity index (χ0n) is 22.6. The Balaban J connectivity index is 1.50. The van der Waals surface area contributed by atoms with Crippen molar-refractivity contribution in [2.75, 3.05) is 18.0 Å². The summed E-state index contributed by atoms with van der Waals surface area (Å²) in [4.78, 5) is 12.8. The minimum atomic E-state index is -4.28. The van der Waals surface area contributed by atoms with Crippen LogP contribution in [0.25, 0.3) is 0 Å². The molecular formula is C30H26BrClFN3O5S. The molecule has 0 unspecified atom stereocenters. The third-order valence-electron chi connectivity index (χ3n) is 6.00. The fraction of sp³-hybridized carbons (Fsp3) is 0.133. The molecule has 0 aliphatic rings. The number of halogens is 3. The Labute approximate surface area is 256 Å². The summed E-state index contributed by atoms with van der Waals surface area (Å²) in [6, 6.07) is 22.0. The number of aryl methyl sites for hydroxylation is 1. The van der Waals surface area contributed by atoms with Gasteiger partial charge in [-0.15, -0.1) is 0 Å². The molecule has 0 bridgehead atoms. The summed E-state index contributed by atoms with van der Waals surface area (Å²) in [7, 11) is -2.79. The number of methoxy groups -OCH3 is 1. The van der Waals surface area contributed by atoms with Crippen molar-refractivity contribution in [2.24, 2.45) is 5.10 Å². The summed E-state index contributed by atoms with van der Waals surface area (Å²) < 4.78 is 54.2. The van der Waals surface area contributed by atoms with Gasteiger partial charge in [-0.1, -0.05) is 59.6 Å². The predicted molar refractivity (Wildman–Crippen MR) is 164 cm³/mol. The molecule has 1 N–H and O–H groups in total. The van der Waals surface area contributed by atoms with Crippen molar-refractivity contribution in [1.29, 1.82) is 0 Å². The third-order valence-corrected chi connectivity index (χ3v) is 8.73. The van der Waals surface area contributed by atoms with Crippen molar-refractivity contribution < 1.29 is 27.1 Å². The summed E-state index contributed by atoms with van der Waals surface area (Å²) in [5, 5.41) is 4.53. The quantitative estimate of drug-likeness (QED) is 0.145. The number of carbonyl (C=O) groups excluding carboxylic acids is 1. The van der Waals surface area contributed by atoms with E-state index in [0.29, 0.717) is 30.9 Å². The standard InChI is InChI=1S/C30H26BrClFN3O5S/c1-20-11-13-23(14-12-20)42(38,39)36(27-10-6-5-9-26(27)33)18-29(37)35-34-17-21-15-24(31)30(28(16-21)40-2)41-19-22-7-3-4-8-25(22)32/h3-17H,18-19H2,1-2H3,(H,35,37)/b34-17+. The summed E-state index contributed by atoms with van der Waals surface area (Å²) in [5.74, 6) is -0.728. The number of hydrogen-bond donors (Lipinski definition) is 1. The van der Waals surface area contributed by atoms with Crippen LogP contribution in [0, 0.1) is 12.7 Å². The molecule has 0 spiro atoms. The monoisotopic (exact) mass is 673 g/mol. The number of carbonyl (C=O) groups is 1. The molecule has 8 nitrogen and oxygen atoms in total. The summed E-state index contributed by atoms with van der Waals surface area (Å²) in [6.45, 7) is 1.31. The van der Waals surface area contributed by atoms with E-state index in [1.165, 1.54) is 43.7 Å². The highest BCUT2D eigenvalue weighted by molar-refractivity contribution is 9.10. The zero-order chi connectivity index (χ0) is 30.3. The topological polar surface area (TPSA) is 97.3 Å². The SMILES string of the molecule is COc1cc(/C=N/NC(=O)CN(c2ccccc2F)S(=O)(=O)c2ccc(C)cc2)cc(Br)c1OCc1ccccc1Cl. The molecule has 12 heteroatoms. The first-order valence-corrected chi connectivity index (χ1v) is 15.1. The molecule has 4 aromatic carbocycles. The van der Waals surface area contributed by atoms with Crippen LogP contribution in [-0.4, -0.2) is 34.2 Å². The predicted octanol–water partition coefficient (Wildman–Crippen LogP) is 6.48. The molecule has 0 aliphatic heterocycles. The largest absolute Gasteiger partial charge is 0.493 e. The first kappa shape index (κ1) is 31.0. The lowest BCUT2D eigenvalue weighted by Crippen LogP contribution is -2.40. The van der Waals surface area contributed by atoms with Crippen LogP contribution in [0.4, 0.5) is 10.1 Å². The maximum atomic E-state index is 14.7. The molecule has 0 heterocycles. The number of hydrogen-bond acceptors (Lipinski definition) is 6. The Hall–Kier alpha value is -3.93. The lowest BCUT2D eigenvalue weighted by Gasteiger charge is -2.24. The minimum Gasteiger partial charge on any atom is -0.493 e. The molecule has 4 aromatic rings. The molecule has 42 heavy (non-hydrogen) atoms. The van der Waals surface area contributed by atoms with Crippen molar-refractivity contribution in [1.82, 2.24) is 5.43 Å². The molecule has 0 saturated heterocycles. The van der Waals surface area contributed by atoms with E-state index in [2.05, 4.69) is 26.5 Å². The van der Waals surface area contributed by atoms with Gasteiger partial charge >= 0.3 is 0 Å². The average Bonchev–Trinajstić information content (AvgIpc) is 2.96. The minimum absolute atomic E-state index is 0.0820. The van der Waals surface area contributed by atoms with Crippen LogP contribution in [0.3, 0.4) is 0 Å². The molecule has 0 fully saturated rings. The van der Waals surface area contributed by atoms with Crippen molar-refractivity contribution in [3.05, 3.63) is 117 Å². The fourth-order valence-corrected chi connectivity index (χ4v) is 6.05. The zero-order valence-corrected chi connectivity index (χ0v) is 25.7. The molecule has 4 rings (SSSR count). The Morgan fingerprint density at radius 3 is 2.45 bits per heavy atom. The van der Waals surface area contributed by atoms with Gasteiger partial charge in [0.15, 0.2) is 11.5 Å². The molecule has 0 aliphatic carbocycles. The number of amides is 1. The van der Waals surface area contributed by atoms with Crippen molar-refractivity contribution in [3.63, 3.8) is 0 Å². The number of anilines is 1. The Kier molecular flexibility index (Phi) is 10.2. The van der Waals surface area contributed by atoms with Gasteiger partial charge in [0.1, 0.15) is 19.0 Å². The first-order valence-electron chi connectivity index (χ1n) is 12.5. The van der Waals surface area contributed by atoms with Gasteiger partial charge in [-0.25, -0.2) is 18.2 Å².